The maximum atomic E-state index is 12.2. The van der Waals surface area contributed by atoms with E-state index in [-0.39, 0.29) is 5.91 Å². The third kappa shape index (κ3) is 2.26. The van der Waals surface area contributed by atoms with Gasteiger partial charge < -0.3 is 16.4 Å². The second-order valence-electron chi connectivity index (χ2n) is 6.51. The number of carbonyl (C=O) groups is 1. The molecule has 0 saturated heterocycles. The summed E-state index contributed by atoms with van der Waals surface area (Å²) in [5, 5.41) is 7.28. The Kier molecular flexibility index (Phi) is 2.70. The van der Waals surface area contributed by atoms with Crippen LogP contribution in [0.2, 0.25) is 0 Å². The highest BCUT2D eigenvalue weighted by atomic mass is 32.1. The van der Waals surface area contributed by atoms with Crippen LogP contribution in [0, 0.1) is 11.3 Å². The zero-order chi connectivity index (χ0) is 13.7. The first kappa shape index (κ1) is 12.4. The summed E-state index contributed by atoms with van der Waals surface area (Å²) in [4.78, 5) is 12.2. The van der Waals surface area contributed by atoms with Gasteiger partial charge in [-0.2, -0.15) is 4.37 Å². The van der Waals surface area contributed by atoms with E-state index in [2.05, 4.69) is 15.0 Å². The van der Waals surface area contributed by atoms with Crippen LogP contribution in [-0.4, -0.2) is 22.9 Å². The molecule has 3 saturated carbocycles. The van der Waals surface area contributed by atoms with Crippen LogP contribution in [0.3, 0.4) is 0 Å². The summed E-state index contributed by atoms with van der Waals surface area (Å²) in [6, 6.07) is 0.343. The fourth-order valence-corrected chi connectivity index (χ4v) is 3.68. The predicted octanol–water partition coefficient (Wildman–Crippen LogP) is 2.22. The molecular weight excluding hydrogens is 272 g/mol. The molecular formula is C14H20N4OS. The fourth-order valence-electron chi connectivity index (χ4n) is 2.97. The molecule has 20 heavy (non-hydrogen) atoms. The van der Waals surface area contributed by atoms with E-state index in [4.69, 9.17) is 5.73 Å². The maximum absolute atomic E-state index is 12.2. The van der Waals surface area contributed by atoms with Crippen LogP contribution in [0.1, 0.15) is 48.9 Å². The predicted molar refractivity (Wildman–Crippen MR) is 79.9 cm³/mol. The average Bonchev–Trinajstić information content (AvgIpc) is 3.25. The lowest BCUT2D eigenvalue weighted by molar-refractivity contribution is 0.0953. The topological polar surface area (TPSA) is 80.0 Å². The molecule has 4 N–H and O–H groups in total. The Balaban J connectivity index is 1.45. The molecule has 0 unspecified atom stereocenters. The first-order valence-electron chi connectivity index (χ1n) is 7.48. The molecule has 1 aromatic heterocycles. The first-order valence-corrected chi connectivity index (χ1v) is 8.25. The molecule has 0 aromatic carbocycles. The van der Waals surface area contributed by atoms with Crippen LogP contribution < -0.4 is 16.4 Å². The van der Waals surface area contributed by atoms with Gasteiger partial charge >= 0.3 is 0 Å². The minimum absolute atomic E-state index is 0.0717. The minimum atomic E-state index is -0.0717. The standard InChI is InChI=1S/C14H20N4OS/c15-11-10(12(19)17-9-3-4-9)13(20-18-11)16-7-14(5-6-14)8-1-2-8/h8-9,16H,1-7H2,(H2,15,18)(H,17,19). The van der Waals surface area contributed by atoms with E-state index >= 15 is 0 Å². The third-order valence-electron chi connectivity index (χ3n) is 4.79. The van der Waals surface area contributed by atoms with Gasteiger partial charge in [-0.1, -0.05) is 0 Å². The van der Waals surface area contributed by atoms with Crippen LogP contribution in [0.4, 0.5) is 10.8 Å². The van der Waals surface area contributed by atoms with Crippen LogP contribution in [0.15, 0.2) is 0 Å². The number of nitrogen functional groups attached to an aromatic ring is 1. The van der Waals surface area contributed by atoms with Crippen molar-refractivity contribution < 1.29 is 4.79 Å². The van der Waals surface area contributed by atoms with Crippen molar-refractivity contribution in [3.63, 3.8) is 0 Å². The number of hydrogen-bond donors (Lipinski definition) is 3. The molecule has 6 heteroatoms. The highest BCUT2D eigenvalue weighted by molar-refractivity contribution is 7.11. The quantitative estimate of drug-likeness (QED) is 0.751. The van der Waals surface area contributed by atoms with Gasteiger partial charge in [-0.25, -0.2) is 0 Å². The number of hydrogen-bond acceptors (Lipinski definition) is 5. The zero-order valence-electron chi connectivity index (χ0n) is 11.4. The Bertz CT molecular complexity index is 543. The normalized spacial score (nSPS) is 23.4. The second-order valence-corrected chi connectivity index (χ2v) is 7.28. The molecule has 5 nitrogen and oxygen atoms in total. The molecule has 0 spiro atoms. The van der Waals surface area contributed by atoms with Crippen LogP contribution >= 0.6 is 11.5 Å². The zero-order valence-corrected chi connectivity index (χ0v) is 12.3. The highest BCUT2D eigenvalue weighted by Gasteiger charge is 2.53. The van der Waals surface area contributed by atoms with Gasteiger partial charge in [0.15, 0.2) is 5.82 Å². The minimum Gasteiger partial charge on any atom is -0.382 e. The van der Waals surface area contributed by atoms with Crippen LogP contribution in [0.5, 0.6) is 0 Å². The molecule has 3 aliphatic rings. The lowest BCUT2D eigenvalue weighted by Gasteiger charge is -2.15. The van der Waals surface area contributed by atoms with E-state index in [1.54, 1.807) is 0 Å². The van der Waals surface area contributed by atoms with Gasteiger partial charge in [0.25, 0.3) is 5.91 Å². The van der Waals surface area contributed by atoms with Crippen molar-refractivity contribution in [2.24, 2.45) is 11.3 Å². The molecule has 1 aromatic rings. The number of nitrogens with zero attached hydrogens (tertiary/aromatic N) is 1. The number of amides is 1. The number of nitrogens with one attached hydrogen (secondary N) is 2. The Morgan fingerprint density at radius 2 is 2.10 bits per heavy atom. The van der Waals surface area contributed by atoms with Gasteiger partial charge in [0.05, 0.1) is 0 Å². The molecule has 0 aliphatic heterocycles. The molecule has 3 fully saturated rings. The van der Waals surface area contributed by atoms with Crippen molar-refractivity contribution >= 4 is 28.3 Å². The summed E-state index contributed by atoms with van der Waals surface area (Å²) in [5.41, 5.74) is 6.92. The largest absolute Gasteiger partial charge is 0.382 e. The van der Waals surface area contributed by atoms with Crippen molar-refractivity contribution in [2.45, 2.75) is 44.6 Å². The van der Waals surface area contributed by atoms with Crippen molar-refractivity contribution in [3.8, 4) is 0 Å². The van der Waals surface area contributed by atoms with Gasteiger partial charge in [-0.05, 0) is 61.4 Å². The van der Waals surface area contributed by atoms with E-state index in [0.29, 0.717) is 22.8 Å². The number of rotatable bonds is 6. The Labute approximate surface area is 122 Å². The highest BCUT2D eigenvalue weighted by Crippen LogP contribution is 2.61. The first-order chi connectivity index (χ1) is 9.68. The van der Waals surface area contributed by atoms with Gasteiger partial charge in [0.2, 0.25) is 0 Å². The second kappa shape index (κ2) is 4.35. The summed E-state index contributed by atoms with van der Waals surface area (Å²) >= 11 is 1.31. The molecule has 108 valence electrons. The SMILES string of the molecule is Nc1nsc(NCC2(C3CC3)CC2)c1C(=O)NC1CC1. The van der Waals surface area contributed by atoms with Gasteiger partial charge in [0, 0.05) is 12.6 Å². The summed E-state index contributed by atoms with van der Waals surface area (Å²) in [7, 11) is 0. The van der Waals surface area contributed by atoms with Crippen LogP contribution in [0.25, 0.3) is 0 Å². The molecule has 1 heterocycles. The smallest absolute Gasteiger partial charge is 0.258 e. The van der Waals surface area contributed by atoms with E-state index in [1.165, 1.54) is 37.2 Å². The van der Waals surface area contributed by atoms with Crippen molar-refractivity contribution in [2.75, 3.05) is 17.6 Å². The van der Waals surface area contributed by atoms with E-state index in [1.807, 2.05) is 0 Å². The van der Waals surface area contributed by atoms with Gasteiger partial charge in [-0.3, -0.25) is 4.79 Å². The van der Waals surface area contributed by atoms with Crippen molar-refractivity contribution in [3.05, 3.63) is 5.56 Å². The fraction of sp³-hybridized carbons (Fsp3) is 0.714. The number of carbonyl (C=O) groups excluding carboxylic acids is 1. The molecule has 0 radical (unpaired) electrons. The molecule has 1 amide bonds. The Morgan fingerprint density at radius 3 is 2.70 bits per heavy atom. The van der Waals surface area contributed by atoms with Crippen molar-refractivity contribution in [1.29, 1.82) is 0 Å². The summed E-state index contributed by atoms with van der Waals surface area (Å²) in [6.45, 7) is 0.961. The molecule has 0 atom stereocenters. The van der Waals surface area contributed by atoms with E-state index in [9.17, 15) is 4.79 Å². The monoisotopic (exact) mass is 292 g/mol. The van der Waals surface area contributed by atoms with E-state index < -0.39 is 0 Å². The summed E-state index contributed by atoms with van der Waals surface area (Å²) in [5.74, 6) is 1.19. The Morgan fingerprint density at radius 1 is 1.35 bits per heavy atom. The maximum Gasteiger partial charge on any atom is 0.258 e. The molecule has 0 bridgehead atoms. The average molecular weight is 292 g/mol. The van der Waals surface area contributed by atoms with Gasteiger partial charge in [0.1, 0.15) is 10.6 Å². The third-order valence-corrected chi connectivity index (χ3v) is 5.61. The summed E-state index contributed by atoms with van der Waals surface area (Å²) < 4.78 is 4.14. The number of anilines is 2. The lowest BCUT2D eigenvalue weighted by Crippen LogP contribution is -2.27. The number of nitrogens with two attached hydrogens (primary N) is 1. The summed E-state index contributed by atoms with van der Waals surface area (Å²) in [6.07, 6.45) is 7.56. The van der Waals surface area contributed by atoms with Gasteiger partial charge in [-0.15, -0.1) is 0 Å². The number of aromatic nitrogens is 1. The lowest BCUT2D eigenvalue weighted by atomic mass is 10.0. The van der Waals surface area contributed by atoms with Crippen molar-refractivity contribution in [1.82, 2.24) is 9.69 Å². The van der Waals surface area contributed by atoms with Crippen LogP contribution in [-0.2, 0) is 0 Å². The molecule has 4 rings (SSSR count). The van der Waals surface area contributed by atoms with E-state index in [0.717, 1.165) is 30.3 Å². The Hall–Kier alpha value is -1.30. The molecule has 3 aliphatic carbocycles.